The first kappa shape index (κ1) is 46.5. The number of methoxy groups -OCH3 is 2. The molecule has 0 heterocycles. The Morgan fingerprint density at radius 1 is 0.357 bits per heavy atom. The van der Waals surface area contributed by atoms with Crippen LogP contribution >= 0.6 is 0 Å². The molecule has 0 aliphatic carbocycles. The summed E-state index contributed by atoms with van der Waals surface area (Å²) in [6, 6.07) is 35.1. The van der Waals surface area contributed by atoms with Crippen molar-refractivity contribution in [3.63, 3.8) is 0 Å². The molecule has 4 aromatic carbocycles. The quantitative estimate of drug-likeness (QED) is 0.0551. The Bertz CT molecular complexity index is 1720. The van der Waals surface area contributed by atoms with Crippen LogP contribution in [0.25, 0.3) is 32.7 Å². The molecule has 8 heteroatoms. The lowest BCUT2D eigenvalue weighted by Crippen LogP contribution is -2.48. The Kier molecular flexibility index (Phi) is 16.7. The van der Waals surface area contributed by atoms with Gasteiger partial charge in [0.2, 0.25) is 0 Å². The van der Waals surface area contributed by atoms with Gasteiger partial charge in [-0.15, -0.1) is 0 Å². The van der Waals surface area contributed by atoms with Gasteiger partial charge < -0.3 is 18.9 Å². The first-order chi connectivity index (χ1) is 27.0. The van der Waals surface area contributed by atoms with Gasteiger partial charge in [0.05, 0.1) is 32.3 Å². The van der Waals surface area contributed by atoms with E-state index in [0.717, 1.165) is 22.6 Å². The molecule has 4 aromatic rings. The van der Waals surface area contributed by atoms with E-state index < -0.39 is 32.3 Å². The Labute approximate surface area is 346 Å². The van der Waals surface area contributed by atoms with Crippen molar-refractivity contribution in [3.05, 3.63) is 48.5 Å². The second-order valence-electron chi connectivity index (χ2n) is 16.6. The van der Waals surface area contributed by atoms with Crippen LogP contribution in [0, 0.1) is 0 Å². The van der Waals surface area contributed by atoms with Gasteiger partial charge in [-0.1, -0.05) is 202 Å². The molecule has 0 unspecified atom stereocenters. The number of fused-ring (bicyclic) bond motifs is 2. The molecule has 0 fully saturated rings. The van der Waals surface area contributed by atoms with E-state index in [1.807, 2.05) is 0 Å². The van der Waals surface area contributed by atoms with E-state index >= 15 is 0 Å². The monoisotopic (exact) mass is 830 g/mol. The van der Waals surface area contributed by atoms with Crippen molar-refractivity contribution in [2.24, 2.45) is 0 Å². The number of rotatable bonds is 23. The third-order valence-corrected chi connectivity index (χ3v) is 38.0. The smallest absolute Gasteiger partial charge is 0.188 e. The summed E-state index contributed by atoms with van der Waals surface area (Å²) in [7, 11) is -3.66. The van der Waals surface area contributed by atoms with E-state index in [0.29, 0.717) is 0 Å². The largest absolute Gasteiger partial charge is 0.467 e. The van der Waals surface area contributed by atoms with E-state index in [-0.39, 0.29) is 13.6 Å². The minimum absolute atomic E-state index is 0.191. The molecule has 0 aromatic heterocycles. The van der Waals surface area contributed by atoms with Crippen LogP contribution in [0.1, 0.15) is 83.1 Å². The average molecular weight is 831 g/mol. The Hall–Kier alpha value is -2.21. The van der Waals surface area contributed by atoms with Gasteiger partial charge in [0.25, 0.3) is 0 Å². The Morgan fingerprint density at radius 2 is 0.643 bits per heavy atom. The van der Waals surface area contributed by atoms with Crippen LogP contribution < -0.4 is 30.2 Å². The van der Waals surface area contributed by atoms with Crippen LogP contribution in [0.3, 0.4) is 0 Å². The van der Waals surface area contributed by atoms with Crippen molar-refractivity contribution in [2.45, 2.75) is 156 Å². The Balaban J connectivity index is 2.39. The topological polar surface area (TPSA) is 36.9 Å². The number of ether oxygens (including phenoxy) is 4. The highest BCUT2D eigenvalue weighted by Gasteiger charge is 2.38. The molecule has 4 nitrogen and oxygen atoms in total. The molecular weight excluding hydrogens is 753 g/mol. The fraction of sp³-hybridized carbons (Fsp3) is 0.583. The summed E-state index contributed by atoms with van der Waals surface area (Å²) in [5.74, 6) is 1.81. The molecule has 0 aliphatic heterocycles. The molecule has 0 spiro atoms. The third-order valence-electron chi connectivity index (χ3n) is 15.6. The summed E-state index contributed by atoms with van der Waals surface area (Å²) in [5, 5.41) is 11.7. The standard InChI is InChI=1S/C48H78O4Si4/c1-15-53(16-2,17-3)37-27-29-39-41(31-37)45(55(21-7,22-8)23-9)33-43(51-35-49-13)47(39)48-40-30-28-38(54(18-4,19-5)20-6)32-42(40)46(34-44(48)52-36-50-14)56(24-10,25-11)26-12/h27-34H,15-26,35-36H2,1-14H3. The summed E-state index contributed by atoms with van der Waals surface area (Å²) in [6.45, 7) is 29.6. The molecule has 0 saturated heterocycles. The number of hydrogen-bond acceptors (Lipinski definition) is 4. The highest BCUT2D eigenvalue weighted by Crippen LogP contribution is 2.47. The fourth-order valence-electron chi connectivity index (χ4n) is 10.7. The van der Waals surface area contributed by atoms with Gasteiger partial charge in [0.1, 0.15) is 11.5 Å². The first-order valence-corrected chi connectivity index (χ1v) is 33.0. The lowest BCUT2D eigenvalue weighted by molar-refractivity contribution is 0.0502. The molecule has 0 bridgehead atoms. The molecule has 310 valence electrons. The van der Waals surface area contributed by atoms with Gasteiger partial charge in [-0.2, -0.15) is 0 Å². The number of hydrogen-bond donors (Lipinski definition) is 0. The predicted octanol–water partition coefficient (Wildman–Crippen LogP) is 12.5. The molecule has 0 aliphatic rings. The SMILES string of the molecule is CC[Si](CC)(CC)c1ccc2c(-c3c(OCOC)cc([Si](CC)(CC)CC)c4cc([Si](CC)(CC)CC)ccc34)c(OCOC)cc([Si](CC)(CC)CC)c2c1. The molecule has 0 atom stereocenters. The zero-order chi connectivity index (χ0) is 41.3. The van der Waals surface area contributed by atoms with E-state index in [2.05, 4.69) is 132 Å². The molecule has 0 saturated carbocycles. The fourth-order valence-corrected chi connectivity index (χ4v) is 25.6. The van der Waals surface area contributed by atoms with E-state index in [1.165, 1.54) is 94.1 Å². The third kappa shape index (κ3) is 8.18. The van der Waals surface area contributed by atoms with Crippen molar-refractivity contribution in [2.75, 3.05) is 27.8 Å². The van der Waals surface area contributed by atoms with E-state index in [9.17, 15) is 0 Å². The van der Waals surface area contributed by atoms with Crippen molar-refractivity contribution in [1.82, 2.24) is 0 Å². The summed E-state index contributed by atoms with van der Waals surface area (Å²) in [6.07, 6.45) is 0. The van der Waals surface area contributed by atoms with Gasteiger partial charge in [-0.25, -0.2) is 0 Å². The second-order valence-corrected chi connectivity index (χ2v) is 37.5. The van der Waals surface area contributed by atoms with Crippen LogP contribution in [-0.2, 0) is 9.47 Å². The molecule has 4 rings (SSSR count). The average Bonchev–Trinajstić information content (AvgIpc) is 3.25. The van der Waals surface area contributed by atoms with Gasteiger partial charge in [0.15, 0.2) is 13.6 Å². The molecule has 56 heavy (non-hydrogen) atoms. The zero-order valence-electron chi connectivity index (χ0n) is 38.2. The molecule has 0 radical (unpaired) electrons. The zero-order valence-corrected chi connectivity index (χ0v) is 42.2. The second kappa shape index (κ2) is 20.2. The van der Waals surface area contributed by atoms with Gasteiger partial charge >= 0.3 is 0 Å². The normalized spacial score (nSPS) is 12.9. The van der Waals surface area contributed by atoms with Crippen LogP contribution in [0.2, 0.25) is 72.5 Å². The predicted molar refractivity (Wildman–Crippen MR) is 259 cm³/mol. The molecule has 0 N–H and O–H groups in total. The number of benzene rings is 4. The van der Waals surface area contributed by atoms with Crippen molar-refractivity contribution in [1.29, 1.82) is 0 Å². The van der Waals surface area contributed by atoms with Gasteiger partial charge in [-0.05, 0) is 44.1 Å². The lowest BCUT2D eigenvalue weighted by atomic mass is 9.92. The minimum atomic E-state index is -1.89. The minimum Gasteiger partial charge on any atom is -0.467 e. The maximum absolute atomic E-state index is 6.82. The molecular formula is C48H78O4Si4. The maximum atomic E-state index is 6.82. The van der Waals surface area contributed by atoms with Crippen molar-refractivity contribution in [3.8, 4) is 22.6 Å². The highest BCUT2D eigenvalue weighted by molar-refractivity contribution is 6.95. The van der Waals surface area contributed by atoms with Crippen molar-refractivity contribution < 1.29 is 18.9 Å². The van der Waals surface area contributed by atoms with Gasteiger partial charge in [0, 0.05) is 25.3 Å². The maximum Gasteiger partial charge on any atom is 0.188 e. The van der Waals surface area contributed by atoms with Crippen molar-refractivity contribution >= 4 is 74.6 Å². The summed E-state index contributed by atoms with van der Waals surface area (Å²) >= 11 is 0. The summed E-state index contributed by atoms with van der Waals surface area (Å²) in [5.41, 5.74) is 2.26. The lowest BCUT2D eigenvalue weighted by Gasteiger charge is -2.35. The molecule has 0 amide bonds. The first-order valence-electron chi connectivity index (χ1n) is 22.5. The van der Waals surface area contributed by atoms with Crippen LogP contribution in [0.15, 0.2) is 48.5 Å². The van der Waals surface area contributed by atoms with Gasteiger partial charge in [-0.3, -0.25) is 0 Å². The highest BCUT2D eigenvalue weighted by atomic mass is 28.3. The van der Waals surface area contributed by atoms with E-state index in [1.54, 1.807) is 35.0 Å². The van der Waals surface area contributed by atoms with Crippen LogP contribution in [-0.4, -0.2) is 60.1 Å². The van der Waals surface area contributed by atoms with Crippen LogP contribution in [0.5, 0.6) is 11.5 Å². The summed E-state index contributed by atoms with van der Waals surface area (Å²) < 4.78 is 25.0. The van der Waals surface area contributed by atoms with Crippen LogP contribution in [0.4, 0.5) is 0 Å². The Morgan fingerprint density at radius 3 is 0.893 bits per heavy atom. The van der Waals surface area contributed by atoms with E-state index in [4.69, 9.17) is 18.9 Å². The summed E-state index contributed by atoms with van der Waals surface area (Å²) in [4.78, 5) is 0.